The summed E-state index contributed by atoms with van der Waals surface area (Å²) in [6.45, 7) is 6.69. The van der Waals surface area contributed by atoms with Crippen LogP contribution in [0.15, 0.2) is 36.4 Å². The Morgan fingerprint density at radius 1 is 1.24 bits per heavy atom. The molecule has 2 nitrogen and oxygen atoms in total. The van der Waals surface area contributed by atoms with Crippen LogP contribution in [0.4, 0.5) is 0 Å². The molecule has 0 heterocycles. The number of esters is 1. The summed E-state index contributed by atoms with van der Waals surface area (Å²) < 4.78 is 5.73. The molecular weight excluding hydrogens is 260 g/mol. The first-order chi connectivity index (χ1) is 10.1. The average molecular weight is 286 g/mol. The molecule has 1 aliphatic carbocycles. The van der Waals surface area contributed by atoms with Gasteiger partial charge in [0, 0.05) is 6.08 Å². The largest absolute Gasteiger partial charge is 0.459 e. The molecule has 114 valence electrons. The van der Waals surface area contributed by atoms with Crippen LogP contribution in [0.1, 0.15) is 45.6 Å². The van der Waals surface area contributed by atoms with Crippen LogP contribution >= 0.6 is 0 Å². The number of carbonyl (C=O) groups is 1. The van der Waals surface area contributed by atoms with Gasteiger partial charge in [0.15, 0.2) is 0 Å². The zero-order valence-electron chi connectivity index (χ0n) is 13.3. The first-order valence-corrected chi connectivity index (χ1v) is 8.00. The van der Waals surface area contributed by atoms with Gasteiger partial charge in [0.2, 0.25) is 0 Å². The van der Waals surface area contributed by atoms with Crippen LogP contribution in [0.3, 0.4) is 0 Å². The Morgan fingerprint density at radius 3 is 2.62 bits per heavy atom. The van der Waals surface area contributed by atoms with Gasteiger partial charge in [0.05, 0.1) is 0 Å². The van der Waals surface area contributed by atoms with E-state index in [1.807, 2.05) is 36.4 Å². The summed E-state index contributed by atoms with van der Waals surface area (Å²) in [6, 6.07) is 9.84. The van der Waals surface area contributed by atoms with E-state index in [4.69, 9.17) is 4.74 Å². The van der Waals surface area contributed by atoms with Gasteiger partial charge in [0.1, 0.15) is 6.10 Å². The lowest BCUT2D eigenvalue weighted by Gasteiger charge is -2.36. The lowest BCUT2D eigenvalue weighted by Crippen LogP contribution is -2.35. The van der Waals surface area contributed by atoms with Crippen LogP contribution < -0.4 is 0 Å². The fourth-order valence-corrected chi connectivity index (χ4v) is 3.17. The third-order valence-electron chi connectivity index (χ3n) is 4.44. The second kappa shape index (κ2) is 7.44. The maximum atomic E-state index is 12.1. The standard InChI is InChI=1S/C19H26O2/c1-14(2)17-11-9-15(3)13-18(17)21-19(20)12-10-16-7-5-4-6-8-16/h4-8,10,12,14-15,17-18H,9,11,13H2,1-3H3/t15-,17-,18+/m0/s1. The number of rotatable bonds is 4. The molecule has 1 fully saturated rings. The van der Waals surface area contributed by atoms with Crippen LogP contribution in [0.25, 0.3) is 6.08 Å². The predicted octanol–water partition coefficient (Wildman–Crippen LogP) is 4.70. The summed E-state index contributed by atoms with van der Waals surface area (Å²) in [4.78, 5) is 12.1. The van der Waals surface area contributed by atoms with Gasteiger partial charge in [0.25, 0.3) is 0 Å². The van der Waals surface area contributed by atoms with Gasteiger partial charge < -0.3 is 4.74 Å². The van der Waals surface area contributed by atoms with E-state index in [9.17, 15) is 4.79 Å². The smallest absolute Gasteiger partial charge is 0.331 e. The second-order valence-corrected chi connectivity index (χ2v) is 6.55. The zero-order chi connectivity index (χ0) is 15.2. The van der Waals surface area contributed by atoms with Crippen molar-refractivity contribution in [1.82, 2.24) is 0 Å². The monoisotopic (exact) mass is 286 g/mol. The number of hydrogen-bond donors (Lipinski definition) is 0. The molecule has 0 amide bonds. The highest BCUT2D eigenvalue weighted by Crippen LogP contribution is 2.35. The first kappa shape index (κ1) is 15.8. The number of hydrogen-bond acceptors (Lipinski definition) is 2. The van der Waals surface area contributed by atoms with Gasteiger partial charge in [-0.1, -0.05) is 57.5 Å². The van der Waals surface area contributed by atoms with Crippen LogP contribution in [0, 0.1) is 17.8 Å². The van der Waals surface area contributed by atoms with E-state index in [0.717, 1.165) is 12.0 Å². The Bertz CT molecular complexity index is 476. The lowest BCUT2D eigenvalue weighted by atomic mass is 9.75. The maximum Gasteiger partial charge on any atom is 0.331 e. The summed E-state index contributed by atoms with van der Waals surface area (Å²) in [5.74, 6) is 1.49. The molecule has 2 rings (SSSR count). The molecule has 0 saturated heterocycles. The quantitative estimate of drug-likeness (QED) is 0.592. The molecule has 0 aliphatic heterocycles. The van der Waals surface area contributed by atoms with Gasteiger partial charge in [-0.2, -0.15) is 0 Å². The van der Waals surface area contributed by atoms with Gasteiger partial charge in [-0.15, -0.1) is 0 Å². The fraction of sp³-hybridized carbons (Fsp3) is 0.526. The number of ether oxygens (including phenoxy) is 1. The molecule has 0 bridgehead atoms. The van der Waals surface area contributed by atoms with Crippen molar-refractivity contribution in [3.8, 4) is 0 Å². The van der Waals surface area contributed by atoms with Gasteiger partial charge in [-0.3, -0.25) is 0 Å². The SMILES string of the molecule is CC(C)[C@@H]1CC[C@H](C)C[C@H]1OC(=O)C=Cc1ccccc1. The van der Waals surface area contributed by atoms with Gasteiger partial charge in [-0.25, -0.2) is 4.79 Å². The minimum absolute atomic E-state index is 0.0710. The highest BCUT2D eigenvalue weighted by atomic mass is 16.5. The number of benzene rings is 1. The molecule has 0 radical (unpaired) electrons. The van der Waals surface area contributed by atoms with E-state index in [0.29, 0.717) is 17.8 Å². The first-order valence-electron chi connectivity index (χ1n) is 8.00. The highest BCUT2D eigenvalue weighted by molar-refractivity contribution is 5.87. The number of carbonyl (C=O) groups excluding carboxylic acids is 1. The molecule has 2 heteroatoms. The Balaban J connectivity index is 1.95. The lowest BCUT2D eigenvalue weighted by molar-refractivity contribution is -0.149. The topological polar surface area (TPSA) is 26.3 Å². The van der Waals surface area contributed by atoms with Crippen molar-refractivity contribution in [1.29, 1.82) is 0 Å². The van der Waals surface area contributed by atoms with Crippen molar-refractivity contribution >= 4 is 12.0 Å². The van der Waals surface area contributed by atoms with E-state index in [1.165, 1.54) is 12.8 Å². The third kappa shape index (κ3) is 4.73. The summed E-state index contributed by atoms with van der Waals surface area (Å²) >= 11 is 0. The molecule has 0 aromatic heterocycles. The van der Waals surface area contributed by atoms with E-state index in [1.54, 1.807) is 6.08 Å². The Kier molecular flexibility index (Phi) is 5.60. The van der Waals surface area contributed by atoms with E-state index >= 15 is 0 Å². The van der Waals surface area contributed by atoms with Crippen molar-refractivity contribution in [2.24, 2.45) is 17.8 Å². The van der Waals surface area contributed by atoms with Gasteiger partial charge in [-0.05, 0) is 42.2 Å². The second-order valence-electron chi connectivity index (χ2n) is 6.55. The minimum Gasteiger partial charge on any atom is -0.459 e. The molecule has 1 aromatic rings. The molecule has 0 unspecified atom stereocenters. The van der Waals surface area contributed by atoms with Crippen molar-refractivity contribution in [2.75, 3.05) is 0 Å². The third-order valence-corrected chi connectivity index (χ3v) is 4.44. The Morgan fingerprint density at radius 2 is 1.95 bits per heavy atom. The molecule has 1 aromatic carbocycles. The normalized spacial score (nSPS) is 26.2. The fourth-order valence-electron chi connectivity index (χ4n) is 3.17. The molecule has 0 spiro atoms. The highest BCUT2D eigenvalue weighted by Gasteiger charge is 2.32. The van der Waals surface area contributed by atoms with E-state index < -0.39 is 0 Å². The van der Waals surface area contributed by atoms with Crippen LogP contribution in [0.2, 0.25) is 0 Å². The van der Waals surface area contributed by atoms with Crippen LogP contribution in [-0.2, 0) is 9.53 Å². The maximum absolute atomic E-state index is 12.1. The van der Waals surface area contributed by atoms with E-state index in [-0.39, 0.29) is 12.1 Å². The van der Waals surface area contributed by atoms with Gasteiger partial charge >= 0.3 is 5.97 Å². The molecule has 21 heavy (non-hydrogen) atoms. The summed E-state index contributed by atoms with van der Waals surface area (Å²) in [5.41, 5.74) is 1.02. The van der Waals surface area contributed by atoms with E-state index in [2.05, 4.69) is 20.8 Å². The minimum atomic E-state index is -0.219. The van der Waals surface area contributed by atoms with Crippen molar-refractivity contribution in [2.45, 2.75) is 46.1 Å². The van der Waals surface area contributed by atoms with Crippen molar-refractivity contribution in [3.05, 3.63) is 42.0 Å². The molecule has 1 saturated carbocycles. The van der Waals surface area contributed by atoms with Crippen LogP contribution in [0.5, 0.6) is 0 Å². The molecular formula is C19H26O2. The Labute approximate surface area is 128 Å². The average Bonchev–Trinajstić information content (AvgIpc) is 2.46. The molecule has 3 atom stereocenters. The zero-order valence-corrected chi connectivity index (χ0v) is 13.3. The molecule has 1 aliphatic rings. The van der Waals surface area contributed by atoms with Crippen molar-refractivity contribution < 1.29 is 9.53 Å². The van der Waals surface area contributed by atoms with Crippen LogP contribution in [-0.4, -0.2) is 12.1 Å². The summed E-state index contributed by atoms with van der Waals surface area (Å²) in [5, 5.41) is 0. The summed E-state index contributed by atoms with van der Waals surface area (Å²) in [6.07, 6.45) is 6.84. The van der Waals surface area contributed by atoms with Crippen molar-refractivity contribution in [3.63, 3.8) is 0 Å². The molecule has 0 N–H and O–H groups in total. The summed E-state index contributed by atoms with van der Waals surface area (Å²) in [7, 11) is 0. The Hall–Kier alpha value is -1.57. The predicted molar refractivity (Wildman–Crippen MR) is 86.7 cm³/mol.